The zero-order chi connectivity index (χ0) is 11.4. The maximum atomic E-state index is 11.7. The maximum absolute atomic E-state index is 11.7. The van der Waals surface area contributed by atoms with Crippen LogP contribution in [0.15, 0.2) is 35.7 Å². The standard InChI is InChI=1S/C12H17N3O/c1-10(11-8-13-9-11)12(16)14-4-7-15-5-2-3-6-15/h2-3,5-6,13H,4,7-9H2,1H3,(H,14,16). The van der Waals surface area contributed by atoms with Crippen molar-refractivity contribution in [3.05, 3.63) is 35.7 Å². The molecule has 86 valence electrons. The summed E-state index contributed by atoms with van der Waals surface area (Å²) in [5.41, 5.74) is 2.09. The topological polar surface area (TPSA) is 46.1 Å². The van der Waals surface area contributed by atoms with E-state index in [9.17, 15) is 4.79 Å². The van der Waals surface area contributed by atoms with Gasteiger partial charge < -0.3 is 15.2 Å². The molecule has 0 unspecified atom stereocenters. The summed E-state index contributed by atoms with van der Waals surface area (Å²) in [4.78, 5) is 11.7. The van der Waals surface area contributed by atoms with Crippen LogP contribution < -0.4 is 10.6 Å². The van der Waals surface area contributed by atoms with Crippen molar-refractivity contribution in [1.29, 1.82) is 0 Å². The van der Waals surface area contributed by atoms with Crippen LogP contribution >= 0.6 is 0 Å². The van der Waals surface area contributed by atoms with Crippen LogP contribution in [0.3, 0.4) is 0 Å². The Bertz CT molecular complexity index is 386. The number of hydrogen-bond acceptors (Lipinski definition) is 2. The normalized spacial score (nSPS) is 14.4. The van der Waals surface area contributed by atoms with Gasteiger partial charge in [0.15, 0.2) is 0 Å². The van der Waals surface area contributed by atoms with Crippen LogP contribution in [-0.2, 0) is 11.3 Å². The fourth-order valence-electron chi connectivity index (χ4n) is 1.63. The Morgan fingerprint density at radius 3 is 2.69 bits per heavy atom. The van der Waals surface area contributed by atoms with E-state index in [0.29, 0.717) is 6.54 Å². The smallest absolute Gasteiger partial charge is 0.247 e. The van der Waals surface area contributed by atoms with Gasteiger partial charge in [-0.05, 0) is 24.6 Å². The molecule has 0 saturated carbocycles. The summed E-state index contributed by atoms with van der Waals surface area (Å²) in [6, 6.07) is 3.96. The molecule has 4 nitrogen and oxygen atoms in total. The average Bonchev–Trinajstić information content (AvgIpc) is 2.67. The third kappa shape index (κ3) is 2.52. The first-order valence-corrected chi connectivity index (χ1v) is 5.55. The lowest BCUT2D eigenvalue weighted by Gasteiger charge is -2.21. The first-order valence-electron chi connectivity index (χ1n) is 5.55. The largest absolute Gasteiger partial charge is 0.353 e. The third-order valence-corrected chi connectivity index (χ3v) is 2.87. The van der Waals surface area contributed by atoms with Gasteiger partial charge in [-0.25, -0.2) is 0 Å². The quantitative estimate of drug-likeness (QED) is 0.725. The van der Waals surface area contributed by atoms with E-state index >= 15 is 0 Å². The molecule has 1 fully saturated rings. The fraction of sp³-hybridized carbons (Fsp3) is 0.417. The van der Waals surface area contributed by atoms with Gasteiger partial charge in [-0.1, -0.05) is 0 Å². The molecule has 1 aromatic heterocycles. The zero-order valence-corrected chi connectivity index (χ0v) is 9.49. The molecule has 1 aromatic rings. The highest BCUT2D eigenvalue weighted by molar-refractivity contribution is 5.93. The molecule has 4 heteroatoms. The Balaban J connectivity index is 1.76. The molecule has 0 aliphatic carbocycles. The second-order valence-corrected chi connectivity index (χ2v) is 4.01. The van der Waals surface area contributed by atoms with Crippen molar-refractivity contribution < 1.29 is 4.79 Å². The van der Waals surface area contributed by atoms with Crippen LogP contribution in [0, 0.1) is 0 Å². The maximum Gasteiger partial charge on any atom is 0.247 e. The SMILES string of the molecule is CC(C(=O)NCCn1cccc1)=C1CNC1. The Kier molecular flexibility index (Phi) is 3.41. The predicted octanol–water partition coefficient (Wildman–Crippen LogP) is 0.524. The first-order chi connectivity index (χ1) is 7.77. The van der Waals surface area contributed by atoms with E-state index in [2.05, 4.69) is 10.6 Å². The van der Waals surface area contributed by atoms with E-state index in [4.69, 9.17) is 0 Å². The summed E-state index contributed by atoms with van der Waals surface area (Å²) < 4.78 is 2.05. The second-order valence-electron chi connectivity index (χ2n) is 4.01. The lowest BCUT2D eigenvalue weighted by atomic mass is 10.0. The van der Waals surface area contributed by atoms with Gasteiger partial charge in [0.25, 0.3) is 0 Å². The van der Waals surface area contributed by atoms with Crippen molar-refractivity contribution in [2.24, 2.45) is 0 Å². The number of carbonyl (C=O) groups is 1. The molecule has 0 bridgehead atoms. The Labute approximate surface area is 95.3 Å². The van der Waals surface area contributed by atoms with Crippen LogP contribution in [0.25, 0.3) is 0 Å². The van der Waals surface area contributed by atoms with Gasteiger partial charge in [0.2, 0.25) is 5.91 Å². The molecule has 16 heavy (non-hydrogen) atoms. The minimum absolute atomic E-state index is 0.0589. The molecular formula is C12H17N3O. The van der Waals surface area contributed by atoms with Gasteiger partial charge in [-0.15, -0.1) is 0 Å². The summed E-state index contributed by atoms with van der Waals surface area (Å²) >= 11 is 0. The zero-order valence-electron chi connectivity index (χ0n) is 9.49. The van der Waals surface area contributed by atoms with E-state index in [-0.39, 0.29) is 5.91 Å². The van der Waals surface area contributed by atoms with Crippen LogP contribution in [0.5, 0.6) is 0 Å². The molecule has 0 radical (unpaired) electrons. The van der Waals surface area contributed by atoms with E-state index in [1.807, 2.05) is 36.0 Å². The molecule has 1 aliphatic rings. The van der Waals surface area contributed by atoms with Gasteiger partial charge in [-0.3, -0.25) is 4.79 Å². The molecule has 0 aromatic carbocycles. The van der Waals surface area contributed by atoms with Crippen LogP contribution in [-0.4, -0.2) is 30.1 Å². The minimum atomic E-state index is 0.0589. The summed E-state index contributed by atoms with van der Waals surface area (Å²) in [6.07, 6.45) is 3.99. The molecule has 2 N–H and O–H groups in total. The lowest BCUT2D eigenvalue weighted by Crippen LogP contribution is -2.38. The highest BCUT2D eigenvalue weighted by atomic mass is 16.1. The van der Waals surface area contributed by atoms with Gasteiger partial charge in [0.05, 0.1) is 0 Å². The predicted molar refractivity (Wildman–Crippen MR) is 63.0 cm³/mol. The number of hydrogen-bond donors (Lipinski definition) is 2. The Hall–Kier alpha value is -1.55. The van der Waals surface area contributed by atoms with Crippen molar-refractivity contribution in [2.75, 3.05) is 19.6 Å². The molecule has 2 heterocycles. The number of carbonyl (C=O) groups excluding carboxylic acids is 1. The Morgan fingerprint density at radius 2 is 2.12 bits per heavy atom. The number of amides is 1. The summed E-state index contributed by atoms with van der Waals surface area (Å²) in [5.74, 6) is 0.0589. The summed E-state index contributed by atoms with van der Waals surface area (Å²) in [7, 11) is 0. The minimum Gasteiger partial charge on any atom is -0.353 e. The average molecular weight is 219 g/mol. The summed E-state index contributed by atoms with van der Waals surface area (Å²) in [6.45, 7) is 5.10. The van der Waals surface area contributed by atoms with E-state index in [0.717, 1.165) is 25.2 Å². The van der Waals surface area contributed by atoms with Crippen molar-refractivity contribution >= 4 is 5.91 Å². The van der Waals surface area contributed by atoms with E-state index in [1.165, 1.54) is 5.57 Å². The van der Waals surface area contributed by atoms with Crippen molar-refractivity contribution in [3.8, 4) is 0 Å². The molecule has 2 rings (SSSR count). The highest BCUT2D eigenvalue weighted by Crippen LogP contribution is 2.08. The summed E-state index contributed by atoms with van der Waals surface area (Å²) in [5, 5.41) is 6.06. The molecule has 1 amide bonds. The molecule has 0 atom stereocenters. The van der Waals surface area contributed by atoms with Gasteiger partial charge >= 0.3 is 0 Å². The van der Waals surface area contributed by atoms with Crippen LogP contribution in [0.2, 0.25) is 0 Å². The lowest BCUT2D eigenvalue weighted by molar-refractivity contribution is -0.117. The monoisotopic (exact) mass is 219 g/mol. The number of rotatable bonds is 4. The van der Waals surface area contributed by atoms with Crippen molar-refractivity contribution in [3.63, 3.8) is 0 Å². The second kappa shape index (κ2) is 4.99. The van der Waals surface area contributed by atoms with Crippen LogP contribution in [0.1, 0.15) is 6.92 Å². The molecular weight excluding hydrogens is 202 g/mol. The molecule has 1 saturated heterocycles. The van der Waals surface area contributed by atoms with E-state index in [1.54, 1.807) is 0 Å². The van der Waals surface area contributed by atoms with E-state index < -0.39 is 0 Å². The third-order valence-electron chi connectivity index (χ3n) is 2.87. The number of nitrogens with one attached hydrogen (secondary N) is 2. The van der Waals surface area contributed by atoms with Crippen molar-refractivity contribution in [2.45, 2.75) is 13.5 Å². The highest BCUT2D eigenvalue weighted by Gasteiger charge is 2.15. The van der Waals surface area contributed by atoms with Crippen molar-refractivity contribution in [1.82, 2.24) is 15.2 Å². The fourth-order valence-corrected chi connectivity index (χ4v) is 1.63. The number of aromatic nitrogens is 1. The molecule has 0 spiro atoms. The first kappa shape index (κ1) is 11.0. The molecule has 1 aliphatic heterocycles. The van der Waals surface area contributed by atoms with Crippen LogP contribution in [0.4, 0.5) is 0 Å². The Morgan fingerprint density at radius 1 is 1.44 bits per heavy atom. The van der Waals surface area contributed by atoms with Gasteiger partial charge in [0, 0.05) is 44.1 Å². The van der Waals surface area contributed by atoms with Gasteiger partial charge in [-0.2, -0.15) is 0 Å². The van der Waals surface area contributed by atoms with Gasteiger partial charge in [0.1, 0.15) is 0 Å². The number of nitrogens with zero attached hydrogens (tertiary/aromatic N) is 1.